The minimum atomic E-state index is -4.33. The number of rotatable bonds is 4. The van der Waals surface area contributed by atoms with Gasteiger partial charge < -0.3 is 5.73 Å². The second kappa shape index (κ2) is 5.80. The van der Waals surface area contributed by atoms with Crippen molar-refractivity contribution in [2.75, 3.05) is 5.75 Å². The Morgan fingerprint density at radius 2 is 1.95 bits per heavy atom. The van der Waals surface area contributed by atoms with Crippen molar-refractivity contribution in [3.63, 3.8) is 0 Å². The molecule has 0 spiro atoms. The zero-order chi connectivity index (χ0) is 14.8. The Hall–Kier alpha value is -1.61. The number of aryl methyl sites for hydroxylation is 1. The van der Waals surface area contributed by atoms with Crippen LogP contribution in [0.5, 0.6) is 0 Å². The molecular weight excluding hydrogens is 291 g/mol. The van der Waals surface area contributed by atoms with Crippen molar-refractivity contribution in [3.8, 4) is 0 Å². The summed E-state index contributed by atoms with van der Waals surface area (Å²) in [6.45, 7) is 0. The number of nitrogens with zero attached hydrogens (tertiary/aromatic N) is 4. The minimum Gasteiger partial charge on any atom is -0.323 e. The van der Waals surface area contributed by atoms with Crippen LogP contribution < -0.4 is 5.73 Å². The lowest BCUT2D eigenvalue weighted by atomic mass is 10.1. The maximum atomic E-state index is 12.4. The lowest BCUT2D eigenvalue weighted by Crippen LogP contribution is -2.14. The van der Waals surface area contributed by atoms with Crippen LogP contribution in [0.25, 0.3) is 0 Å². The summed E-state index contributed by atoms with van der Waals surface area (Å²) in [5.74, 6) is 0.472. The number of thioether (sulfide) groups is 1. The van der Waals surface area contributed by atoms with Crippen LogP contribution in [0.4, 0.5) is 13.2 Å². The van der Waals surface area contributed by atoms with Gasteiger partial charge in [0.15, 0.2) is 0 Å². The van der Waals surface area contributed by atoms with Crippen LogP contribution in [-0.2, 0) is 13.2 Å². The van der Waals surface area contributed by atoms with E-state index in [1.807, 2.05) is 0 Å². The maximum absolute atomic E-state index is 12.4. The molecule has 1 heterocycles. The van der Waals surface area contributed by atoms with Crippen LogP contribution in [0.2, 0.25) is 0 Å². The van der Waals surface area contributed by atoms with Crippen molar-refractivity contribution in [1.29, 1.82) is 0 Å². The molecule has 0 saturated carbocycles. The van der Waals surface area contributed by atoms with Gasteiger partial charge in [-0.05, 0) is 28.1 Å². The summed E-state index contributed by atoms with van der Waals surface area (Å²) in [7, 11) is 1.70. The molecule has 1 aromatic carbocycles. The van der Waals surface area contributed by atoms with Crippen molar-refractivity contribution in [3.05, 3.63) is 35.4 Å². The van der Waals surface area contributed by atoms with Gasteiger partial charge in [-0.2, -0.15) is 13.2 Å². The van der Waals surface area contributed by atoms with Crippen LogP contribution in [0, 0.1) is 0 Å². The monoisotopic (exact) mass is 303 g/mol. The van der Waals surface area contributed by atoms with Gasteiger partial charge in [0.1, 0.15) is 0 Å². The van der Waals surface area contributed by atoms with E-state index < -0.39 is 11.7 Å². The average Bonchev–Trinajstić information content (AvgIpc) is 2.81. The zero-order valence-corrected chi connectivity index (χ0v) is 11.3. The van der Waals surface area contributed by atoms with Gasteiger partial charge in [0.2, 0.25) is 5.16 Å². The van der Waals surface area contributed by atoms with E-state index in [0.717, 1.165) is 12.1 Å². The van der Waals surface area contributed by atoms with Gasteiger partial charge in [-0.1, -0.05) is 23.9 Å². The Morgan fingerprint density at radius 1 is 1.30 bits per heavy atom. The summed E-state index contributed by atoms with van der Waals surface area (Å²) in [6, 6.07) is 4.46. The van der Waals surface area contributed by atoms with Gasteiger partial charge in [-0.25, -0.2) is 4.68 Å². The molecule has 0 radical (unpaired) electrons. The van der Waals surface area contributed by atoms with Crippen molar-refractivity contribution in [2.45, 2.75) is 17.4 Å². The number of halogens is 3. The first kappa shape index (κ1) is 14.8. The standard InChI is InChI=1S/C11H12F3N5S/c1-19-10(16-17-18-19)20-6-9(15)7-2-4-8(5-3-7)11(12,13)14/h2-5,9H,6,15H2,1H3. The fourth-order valence-corrected chi connectivity index (χ4v) is 2.36. The second-order valence-corrected chi connectivity index (χ2v) is 5.11. The third-order valence-electron chi connectivity index (χ3n) is 2.64. The smallest absolute Gasteiger partial charge is 0.323 e. The second-order valence-electron chi connectivity index (χ2n) is 4.12. The van der Waals surface area contributed by atoms with Crippen LogP contribution in [0.1, 0.15) is 17.2 Å². The van der Waals surface area contributed by atoms with Crippen molar-refractivity contribution >= 4 is 11.8 Å². The predicted molar refractivity (Wildman–Crippen MR) is 67.9 cm³/mol. The first-order chi connectivity index (χ1) is 9.38. The lowest BCUT2D eigenvalue weighted by molar-refractivity contribution is -0.137. The quantitative estimate of drug-likeness (QED) is 0.875. The van der Waals surface area contributed by atoms with Crippen LogP contribution in [-0.4, -0.2) is 26.0 Å². The molecule has 2 rings (SSSR count). The van der Waals surface area contributed by atoms with E-state index in [0.29, 0.717) is 16.5 Å². The highest BCUT2D eigenvalue weighted by Gasteiger charge is 2.30. The molecule has 9 heteroatoms. The van der Waals surface area contributed by atoms with E-state index in [2.05, 4.69) is 15.5 Å². The van der Waals surface area contributed by atoms with Crippen LogP contribution >= 0.6 is 11.8 Å². The van der Waals surface area contributed by atoms with E-state index in [4.69, 9.17) is 5.73 Å². The lowest BCUT2D eigenvalue weighted by Gasteiger charge is -2.12. The predicted octanol–water partition coefficient (Wildman–Crippen LogP) is 2.02. The van der Waals surface area contributed by atoms with Gasteiger partial charge in [0.25, 0.3) is 0 Å². The summed E-state index contributed by atoms with van der Waals surface area (Å²) in [4.78, 5) is 0. The van der Waals surface area contributed by atoms with E-state index in [1.54, 1.807) is 7.05 Å². The fourth-order valence-electron chi connectivity index (χ4n) is 1.52. The molecule has 1 aromatic heterocycles. The molecule has 2 aromatic rings. The highest BCUT2D eigenvalue weighted by molar-refractivity contribution is 7.99. The molecule has 20 heavy (non-hydrogen) atoms. The average molecular weight is 303 g/mol. The molecule has 0 bridgehead atoms. The van der Waals surface area contributed by atoms with Gasteiger partial charge in [-0.15, -0.1) is 5.10 Å². The first-order valence-corrected chi connectivity index (χ1v) is 6.64. The maximum Gasteiger partial charge on any atom is 0.416 e. The Labute approximate surface area is 117 Å². The van der Waals surface area contributed by atoms with Crippen molar-refractivity contribution in [2.24, 2.45) is 12.8 Å². The largest absolute Gasteiger partial charge is 0.416 e. The SMILES string of the molecule is Cn1nnnc1SCC(N)c1ccc(C(F)(F)F)cc1. The Morgan fingerprint density at radius 3 is 2.45 bits per heavy atom. The highest BCUT2D eigenvalue weighted by Crippen LogP contribution is 2.30. The van der Waals surface area contributed by atoms with E-state index >= 15 is 0 Å². The minimum absolute atomic E-state index is 0.390. The molecule has 0 aliphatic carbocycles. The molecule has 1 atom stereocenters. The molecular formula is C11H12F3N5S. The third-order valence-corrected chi connectivity index (χ3v) is 3.77. The van der Waals surface area contributed by atoms with Gasteiger partial charge in [0, 0.05) is 18.8 Å². The summed E-state index contributed by atoms with van der Waals surface area (Å²) >= 11 is 1.35. The number of tetrazole rings is 1. The molecule has 108 valence electrons. The number of hydrogen-bond acceptors (Lipinski definition) is 5. The Kier molecular flexibility index (Phi) is 4.29. The first-order valence-electron chi connectivity index (χ1n) is 5.66. The molecule has 0 fully saturated rings. The van der Waals surface area contributed by atoms with E-state index in [1.165, 1.54) is 28.6 Å². The fraction of sp³-hybridized carbons (Fsp3) is 0.364. The number of hydrogen-bond donors (Lipinski definition) is 1. The number of nitrogens with two attached hydrogens (primary N) is 1. The third kappa shape index (κ3) is 3.48. The summed E-state index contributed by atoms with van der Waals surface area (Å²) in [6.07, 6.45) is -4.33. The molecule has 5 nitrogen and oxygen atoms in total. The number of benzene rings is 1. The van der Waals surface area contributed by atoms with Gasteiger partial charge in [-0.3, -0.25) is 0 Å². The zero-order valence-electron chi connectivity index (χ0n) is 10.5. The molecule has 0 aliphatic heterocycles. The van der Waals surface area contributed by atoms with E-state index in [9.17, 15) is 13.2 Å². The van der Waals surface area contributed by atoms with Crippen molar-refractivity contribution in [1.82, 2.24) is 20.2 Å². The van der Waals surface area contributed by atoms with Crippen molar-refractivity contribution < 1.29 is 13.2 Å². The normalized spacial score (nSPS) is 13.4. The van der Waals surface area contributed by atoms with Crippen LogP contribution in [0.15, 0.2) is 29.4 Å². The molecule has 1 unspecified atom stereocenters. The van der Waals surface area contributed by atoms with Gasteiger partial charge in [0.05, 0.1) is 5.56 Å². The highest BCUT2D eigenvalue weighted by atomic mass is 32.2. The number of alkyl halides is 3. The van der Waals surface area contributed by atoms with Gasteiger partial charge >= 0.3 is 6.18 Å². The molecule has 0 aliphatic rings. The topological polar surface area (TPSA) is 69.6 Å². The number of aromatic nitrogens is 4. The molecule has 0 amide bonds. The van der Waals surface area contributed by atoms with Crippen LogP contribution in [0.3, 0.4) is 0 Å². The molecule has 0 saturated heterocycles. The summed E-state index contributed by atoms with van der Waals surface area (Å²) in [5.41, 5.74) is 5.90. The van der Waals surface area contributed by atoms with E-state index in [-0.39, 0.29) is 6.04 Å². The Bertz CT molecular complexity index is 566. The molecule has 2 N–H and O–H groups in total. The summed E-state index contributed by atoms with van der Waals surface area (Å²) in [5, 5.41) is 11.6. The summed E-state index contributed by atoms with van der Waals surface area (Å²) < 4.78 is 38.8. The Balaban J connectivity index is 1.99.